The van der Waals surface area contributed by atoms with Gasteiger partial charge < -0.3 is 4.74 Å². The van der Waals surface area contributed by atoms with E-state index in [2.05, 4.69) is 4.74 Å². The van der Waals surface area contributed by atoms with Crippen molar-refractivity contribution in [3.8, 4) is 0 Å². The Balaban J connectivity index is 5.08. The molecule has 0 atom stereocenters. The molecule has 0 saturated carbocycles. The minimum Gasteiger partial charge on any atom is -0.469 e. The zero-order valence-corrected chi connectivity index (χ0v) is 8.58. The largest absolute Gasteiger partial charge is 0.469 e. The van der Waals surface area contributed by atoms with Crippen molar-refractivity contribution < 1.29 is 35.5 Å². The van der Waals surface area contributed by atoms with Gasteiger partial charge in [0.25, 0.3) is 20.2 Å². The summed E-state index contributed by atoms with van der Waals surface area (Å²) in [4.78, 5) is 10.5. The van der Waals surface area contributed by atoms with Crippen LogP contribution in [0.5, 0.6) is 0 Å². The Morgan fingerprint density at radius 2 is 1.57 bits per heavy atom. The molecule has 0 spiro atoms. The molecule has 0 aromatic heterocycles. The molecule has 0 aliphatic rings. The Kier molecular flexibility index (Phi) is 4.00. The second-order valence-electron chi connectivity index (χ2n) is 2.24. The summed E-state index contributed by atoms with van der Waals surface area (Å²) in [6, 6.07) is 0. The van der Waals surface area contributed by atoms with Gasteiger partial charge in [0.1, 0.15) is 0 Å². The third-order valence-corrected chi connectivity index (χ3v) is 4.35. The smallest absolute Gasteiger partial charge is 0.308 e. The molecule has 0 aliphatic carbocycles. The molecule has 0 saturated heterocycles. The van der Waals surface area contributed by atoms with Gasteiger partial charge in [0.05, 0.1) is 13.5 Å². The number of carbonyl (C=O) groups excluding carboxylic acids is 1. The predicted molar refractivity (Wildman–Crippen MR) is 43.5 cm³/mol. The minimum atomic E-state index is -5.07. The Labute approximate surface area is 80.4 Å². The number of ether oxygens (including phenoxy) is 1. The molecular weight excluding hydrogens is 240 g/mol. The van der Waals surface area contributed by atoms with Gasteiger partial charge in [-0.15, -0.1) is 0 Å². The van der Waals surface area contributed by atoms with Crippen LogP contribution in [-0.2, 0) is 29.8 Å². The Morgan fingerprint density at radius 1 is 1.21 bits per heavy atom. The van der Waals surface area contributed by atoms with Crippen molar-refractivity contribution >= 4 is 26.2 Å². The van der Waals surface area contributed by atoms with Gasteiger partial charge in [-0.25, -0.2) is 0 Å². The summed E-state index contributed by atoms with van der Waals surface area (Å²) in [6.45, 7) is 0. The van der Waals surface area contributed by atoms with Gasteiger partial charge in [0.15, 0.2) is 0 Å². The molecule has 0 amide bonds. The third-order valence-electron chi connectivity index (χ3n) is 1.23. The monoisotopic (exact) mass is 248 g/mol. The zero-order valence-electron chi connectivity index (χ0n) is 6.94. The third kappa shape index (κ3) is 4.00. The van der Waals surface area contributed by atoms with Crippen LogP contribution in [0.3, 0.4) is 0 Å². The topological polar surface area (TPSA) is 135 Å². The molecule has 0 heterocycles. The molecule has 2 N–H and O–H groups in total. The van der Waals surface area contributed by atoms with E-state index in [9.17, 15) is 21.6 Å². The highest BCUT2D eigenvalue weighted by Gasteiger charge is 2.37. The van der Waals surface area contributed by atoms with Crippen molar-refractivity contribution in [1.29, 1.82) is 0 Å². The Morgan fingerprint density at radius 3 is 1.79 bits per heavy atom. The highest BCUT2D eigenvalue weighted by molar-refractivity contribution is 8.04. The van der Waals surface area contributed by atoms with Crippen LogP contribution in [0.25, 0.3) is 0 Å². The SMILES string of the molecule is COC(=O)CC(S(=O)(=O)O)S(=O)(=O)O. The fourth-order valence-corrected chi connectivity index (χ4v) is 2.51. The summed E-state index contributed by atoms with van der Waals surface area (Å²) in [6.07, 6.45) is -1.17. The lowest BCUT2D eigenvalue weighted by Crippen LogP contribution is -2.32. The van der Waals surface area contributed by atoms with Crippen molar-refractivity contribution in [2.45, 2.75) is 11.0 Å². The number of carbonyl (C=O) groups is 1. The van der Waals surface area contributed by atoms with Crippen LogP contribution in [0.15, 0.2) is 0 Å². The van der Waals surface area contributed by atoms with Crippen LogP contribution in [0.2, 0.25) is 0 Å². The van der Waals surface area contributed by atoms with E-state index < -0.39 is 37.2 Å². The molecule has 84 valence electrons. The van der Waals surface area contributed by atoms with Crippen molar-refractivity contribution in [1.82, 2.24) is 0 Å². The van der Waals surface area contributed by atoms with E-state index in [4.69, 9.17) is 9.11 Å². The van der Waals surface area contributed by atoms with E-state index in [-0.39, 0.29) is 0 Å². The second-order valence-corrected chi connectivity index (χ2v) is 5.74. The number of rotatable bonds is 4. The van der Waals surface area contributed by atoms with Crippen LogP contribution < -0.4 is 0 Å². The summed E-state index contributed by atoms with van der Waals surface area (Å²) in [5.41, 5.74) is 0. The van der Waals surface area contributed by atoms with Crippen LogP contribution in [0, 0.1) is 0 Å². The van der Waals surface area contributed by atoms with E-state index in [1.807, 2.05) is 0 Å². The lowest BCUT2D eigenvalue weighted by molar-refractivity contribution is -0.140. The molecular formula is C4H8O8S2. The van der Waals surface area contributed by atoms with E-state index in [0.717, 1.165) is 7.11 Å². The van der Waals surface area contributed by atoms with Crippen molar-refractivity contribution in [2.75, 3.05) is 7.11 Å². The van der Waals surface area contributed by atoms with Gasteiger partial charge in [0, 0.05) is 0 Å². The first-order valence-corrected chi connectivity index (χ1v) is 6.09. The van der Waals surface area contributed by atoms with Gasteiger partial charge in [-0.1, -0.05) is 0 Å². The van der Waals surface area contributed by atoms with Gasteiger partial charge in [0.2, 0.25) is 4.58 Å². The van der Waals surface area contributed by atoms with Crippen LogP contribution in [-0.4, -0.2) is 43.6 Å². The molecule has 0 fully saturated rings. The Bertz CT molecular complexity index is 371. The first-order chi connectivity index (χ1) is 6.09. The van der Waals surface area contributed by atoms with Crippen molar-refractivity contribution in [3.05, 3.63) is 0 Å². The summed E-state index contributed by atoms with van der Waals surface area (Å²) >= 11 is 0. The summed E-state index contributed by atoms with van der Waals surface area (Å²) in [5.74, 6) is -1.19. The minimum absolute atomic E-state index is 0.896. The molecule has 14 heavy (non-hydrogen) atoms. The van der Waals surface area contributed by atoms with Gasteiger partial charge >= 0.3 is 5.97 Å². The standard InChI is InChI=1S/C4H8O8S2/c1-12-3(5)2-4(13(6,7)8)14(9,10)11/h4H,2H2,1H3,(H,6,7,8)(H,9,10,11). The van der Waals surface area contributed by atoms with E-state index in [0.29, 0.717) is 0 Å². The zero-order chi connectivity index (χ0) is 11.6. The number of hydrogen-bond donors (Lipinski definition) is 2. The van der Waals surface area contributed by atoms with Crippen LogP contribution in [0.4, 0.5) is 0 Å². The average molecular weight is 248 g/mol. The normalized spacial score (nSPS) is 12.9. The molecule has 0 bridgehead atoms. The van der Waals surface area contributed by atoms with Gasteiger partial charge in [-0.3, -0.25) is 13.9 Å². The molecule has 0 aromatic carbocycles. The lowest BCUT2D eigenvalue weighted by Gasteiger charge is -2.08. The van der Waals surface area contributed by atoms with E-state index in [1.54, 1.807) is 0 Å². The first-order valence-electron chi connectivity index (χ1n) is 3.08. The van der Waals surface area contributed by atoms with E-state index in [1.165, 1.54) is 0 Å². The highest BCUT2D eigenvalue weighted by atomic mass is 32.3. The maximum Gasteiger partial charge on any atom is 0.308 e. The Hall–Kier alpha value is -0.710. The first kappa shape index (κ1) is 13.3. The average Bonchev–Trinajstić information content (AvgIpc) is 1.95. The van der Waals surface area contributed by atoms with Crippen molar-refractivity contribution in [3.63, 3.8) is 0 Å². The second kappa shape index (κ2) is 4.21. The van der Waals surface area contributed by atoms with E-state index >= 15 is 0 Å². The van der Waals surface area contributed by atoms with Gasteiger partial charge in [-0.05, 0) is 0 Å². The summed E-state index contributed by atoms with van der Waals surface area (Å²) in [5, 5.41) is 0. The summed E-state index contributed by atoms with van der Waals surface area (Å²) < 4.78 is 59.9. The maximum atomic E-state index is 10.5. The fourth-order valence-electron chi connectivity index (χ4n) is 0.584. The lowest BCUT2D eigenvalue weighted by atomic mass is 10.5. The molecule has 0 unspecified atom stereocenters. The molecule has 0 radical (unpaired) electrons. The number of hydrogen-bond acceptors (Lipinski definition) is 6. The van der Waals surface area contributed by atoms with Crippen LogP contribution >= 0.6 is 0 Å². The molecule has 8 nitrogen and oxygen atoms in total. The molecule has 0 rings (SSSR count). The van der Waals surface area contributed by atoms with Crippen molar-refractivity contribution in [2.24, 2.45) is 0 Å². The quantitative estimate of drug-likeness (QED) is 0.460. The van der Waals surface area contributed by atoms with Crippen LogP contribution in [0.1, 0.15) is 6.42 Å². The number of esters is 1. The van der Waals surface area contributed by atoms with Gasteiger partial charge in [-0.2, -0.15) is 16.8 Å². The summed E-state index contributed by atoms with van der Waals surface area (Å²) in [7, 11) is -9.24. The molecule has 0 aromatic rings. The highest BCUT2D eigenvalue weighted by Crippen LogP contribution is 2.11. The maximum absolute atomic E-state index is 10.5. The fraction of sp³-hybridized carbons (Fsp3) is 0.750. The molecule has 10 heteroatoms. The number of methoxy groups -OCH3 is 1. The molecule has 0 aliphatic heterocycles. The predicted octanol–water partition coefficient (Wildman–Crippen LogP) is -1.35.